The van der Waals surface area contributed by atoms with Crippen molar-refractivity contribution >= 4 is 33.7 Å². The number of hydrogen-bond acceptors (Lipinski definition) is 4. The number of halogens is 1. The van der Waals surface area contributed by atoms with Gasteiger partial charge in [-0.15, -0.1) is 0 Å². The standard InChI is InChI=1S/C20H21BrN2O3/c1-15-12-17(21)4-7-19(15)22-13-16-2-5-18(6-3-16)26-14-20(24)23-8-10-25-11-9-23/h2-7,12-13H,8-11,14H2,1H3. The van der Waals surface area contributed by atoms with Crippen LogP contribution in [-0.2, 0) is 9.53 Å². The highest BCUT2D eigenvalue weighted by molar-refractivity contribution is 9.10. The van der Waals surface area contributed by atoms with Gasteiger partial charge in [0.25, 0.3) is 5.91 Å². The van der Waals surface area contributed by atoms with Crippen molar-refractivity contribution in [3.8, 4) is 5.75 Å². The average Bonchev–Trinajstić information content (AvgIpc) is 2.67. The van der Waals surface area contributed by atoms with E-state index in [4.69, 9.17) is 9.47 Å². The van der Waals surface area contributed by atoms with Crippen molar-refractivity contribution < 1.29 is 14.3 Å². The van der Waals surface area contributed by atoms with Crippen LogP contribution in [0.1, 0.15) is 11.1 Å². The number of hydrogen-bond donors (Lipinski definition) is 0. The molecule has 136 valence electrons. The van der Waals surface area contributed by atoms with Crippen molar-refractivity contribution in [1.29, 1.82) is 0 Å². The van der Waals surface area contributed by atoms with Crippen LogP contribution >= 0.6 is 15.9 Å². The normalized spacial score (nSPS) is 14.6. The molecule has 2 aromatic carbocycles. The van der Waals surface area contributed by atoms with Crippen LogP contribution in [0.2, 0.25) is 0 Å². The molecule has 1 saturated heterocycles. The van der Waals surface area contributed by atoms with E-state index in [2.05, 4.69) is 20.9 Å². The van der Waals surface area contributed by atoms with Gasteiger partial charge in [0.05, 0.1) is 18.9 Å². The Balaban J connectivity index is 1.54. The van der Waals surface area contributed by atoms with Crippen LogP contribution in [0.3, 0.4) is 0 Å². The molecule has 1 fully saturated rings. The highest BCUT2D eigenvalue weighted by atomic mass is 79.9. The zero-order valence-electron chi connectivity index (χ0n) is 14.7. The SMILES string of the molecule is Cc1cc(Br)ccc1N=Cc1ccc(OCC(=O)N2CCOCC2)cc1. The maximum Gasteiger partial charge on any atom is 0.260 e. The van der Waals surface area contributed by atoms with Gasteiger partial charge in [-0.1, -0.05) is 15.9 Å². The van der Waals surface area contributed by atoms with Gasteiger partial charge in [0.15, 0.2) is 6.61 Å². The second-order valence-electron chi connectivity index (χ2n) is 6.04. The van der Waals surface area contributed by atoms with Crippen LogP contribution in [0, 0.1) is 6.92 Å². The topological polar surface area (TPSA) is 51.1 Å². The third-order valence-corrected chi connectivity index (χ3v) is 4.61. The van der Waals surface area contributed by atoms with Crippen LogP contribution in [0.25, 0.3) is 0 Å². The number of morpholine rings is 1. The van der Waals surface area contributed by atoms with Crippen molar-refractivity contribution in [3.63, 3.8) is 0 Å². The predicted molar refractivity (Wildman–Crippen MR) is 105 cm³/mol. The van der Waals surface area contributed by atoms with E-state index in [1.54, 1.807) is 4.90 Å². The number of benzene rings is 2. The monoisotopic (exact) mass is 416 g/mol. The molecule has 0 spiro atoms. The molecule has 6 heteroatoms. The minimum absolute atomic E-state index is 0.00958. The van der Waals surface area contributed by atoms with Gasteiger partial charge in [-0.25, -0.2) is 0 Å². The third-order valence-electron chi connectivity index (χ3n) is 4.12. The zero-order valence-corrected chi connectivity index (χ0v) is 16.2. The molecule has 0 saturated carbocycles. The summed E-state index contributed by atoms with van der Waals surface area (Å²) in [7, 11) is 0. The van der Waals surface area contributed by atoms with Gasteiger partial charge in [0, 0.05) is 23.8 Å². The van der Waals surface area contributed by atoms with Crippen molar-refractivity contribution in [2.75, 3.05) is 32.9 Å². The maximum atomic E-state index is 12.1. The summed E-state index contributed by atoms with van der Waals surface area (Å²) in [6.45, 7) is 4.53. The lowest BCUT2D eigenvalue weighted by atomic mass is 10.2. The Morgan fingerprint density at radius 3 is 2.65 bits per heavy atom. The van der Waals surface area contributed by atoms with Gasteiger partial charge in [0.1, 0.15) is 5.75 Å². The molecule has 0 bridgehead atoms. The molecule has 0 aliphatic carbocycles. The van der Waals surface area contributed by atoms with E-state index < -0.39 is 0 Å². The fourth-order valence-corrected chi connectivity index (χ4v) is 3.08. The van der Waals surface area contributed by atoms with Gasteiger partial charge < -0.3 is 14.4 Å². The molecule has 0 aromatic heterocycles. The first-order valence-electron chi connectivity index (χ1n) is 8.50. The molecule has 1 amide bonds. The number of aliphatic imine (C=N–C) groups is 1. The molecule has 1 aliphatic heterocycles. The number of ether oxygens (including phenoxy) is 2. The Morgan fingerprint density at radius 1 is 1.23 bits per heavy atom. The lowest BCUT2D eigenvalue weighted by Crippen LogP contribution is -2.42. The molecule has 2 aromatic rings. The first-order chi connectivity index (χ1) is 12.6. The Kier molecular flexibility index (Phi) is 6.41. The minimum Gasteiger partial charge on any atom is -0.484 e. The van der Waals surface area contributed by atoms with Crippen molar-refractivity contribution in [3.05, 3.63) is 58.1 Å². The number of nitrogens with zero attached hydrogens (tertiary/aromatic N) is 2. The van der Waals surface area contributed by atoms with E-state index >= 15 is 0 Å². The largest absolute Gasteiger partial charge is 0.484 e. The molecule has 0 radical (unpaired) electrons. The Morgan fingerprint density at radius 2 is 1.96 bits per heavy atom. The first kappa shape index (κ1) is 18.6. The summed E-state index contributed by atoms with van der Waals surface area (Å²) in [5.74, 6) is 0.660. The maximum absolute atomic E-state index is 12.1. The van der Waals surface area contributed by atoms with Gasteiger partial charge in [-0.2, -0.15) is 0 Å². The Bertz CT molecular complexity index is 784. The number of aryl methyl sites for hydroxylation is 1. The van der Waals surface area contributed by atoms with E-state index in [-0.39, 0.29) is 12.5 Å². The van der Waals surface area contributed by atoms with Crippen LogP contribution in [0.5, 0.6) is 5.75 Å². The van der Waals surface area contributed by atoms with Gasteiger partial charge in [0.2, 0.25) is 0 Å². The van der Waals surface area contributed by atoms with Gasteiger partial charge in [-0.3, -0.25) is 9.79 Å². The van der Waals surface area contributed by atoms with Gasteiger partial charge >= 0.3 is 0 Å². The zero-order chi connectivity index (χ0) is 18.4. The van der Waals surface area contributed by atoms with E-state index in [0.717, 1.165) is 21.3 Å². The summed E-state index contributed by atoms with van der Waals surface area (Å²) < 4.78 is 11.9. The molecule has 0 atom stereocenters. The highest BCUT2D eigenvalue weighted by Crippen LogP contribution is 2.22. The summed E-state index contributed by atoms with van der Waals surface area (Å²) >= 11 is 3.45. The smallest absolute Gasteiger partial charge is 0.260 e. The van der Waals surface area contributed by atoms with E-state index in [0.29, 0.717) is 32.1 Å². The molecule has 1 heterocycles. The molecule has 26 heavy (non-hydrogen) atoms. The number of carbonyl (C=O) groups excluding carboxylic acids is 1. The van der Waals surface area contributed by atoms with E-state index in [1.165, 1.54) is 0 Å². The van der Waals surface area contributed by atoms with Crippen LogP contribution in [0.4, 0.5) is 5.69 Å². The lowest BCUT2D eigenvalue weighted by Gasteiger charge is -2.26. The fraction of sp³-hybridized carbons (Fsp3) is 0.300. The third kappa shape index (κ3) is 5.16. The molecule has 1 aliphatic rings. The Hall–Kier alpha value is -2.18. The summed E-state index contributed by atoms with van der Waals surface area (Å²) in [4.78, 5) is 18.4. The Labute approximate surface area is 161 Å². The molecule has 0 N–H and O–H groups in total. The second-order valence-corrected chi connectivity index (χ2v) is 6.96. The number of rotatable bonds is 5. The fourth-order valence-electron chi connectivity index (χ4n) is 2.61. The molecular formula is C20H21BrN2O3. The summed E-state index contributed by atoms with van der Waals surface area (Å²) in [6, 6.07) is 13.5. The number of carbonyl (C=O) groups is 1. The van der Waals surface area contributed by atoms with Crippen molar-refractivity contribution in [2.45, 2.75) is 6.92 Å². The lowest BCUT2D eigenvalue weighted by molar-refractivity contribution is -0.137. The van der Waals surface area contributed by atoms with E-state index in [9.17, 15) is 4.79 Å². The predicted octanol–water partition coefficient (Wildman–Crippen LogP) is 3.75. The van der Waals surface area contributed by atoms with Crippen LogP contribution < -0.4 is 4.74 Å². The quantitative estimate of drug-likeness (QED) is 0.697. The van der Waals surface area contributed by atoms with Gasteiger partial charge in [-0.05, 0) is 60.5 Å². The summed E-state index contributed by atoms with van der Waals surface area (Å²) in [5, 5.41) is 0. The molecule has 0 unspecified atom stereocenters. The summed E-state index contributed by atoms with van der Waals surface area (Å²) in [5.41, 5.74) is 3.01. The molecule has 3 rings (SSSR count). The summed E-state index contributed by atoms with van der Waals surface area (Å²) in [6.07, 6.45) is 1.82. The average molecular weight is 417 g/mol. The molecular weight excluding hydrogens is 396 g/mol. The first-order valence-corrected chi connectivity index (χ1v) is 9.30. The minimum atomic E-state index is -0.00958. The van der Waals surface area contributed by atoms with Crippen LogP contribution in [-0.4, -0.2) is 49.9 Å². The molecule has 5 nitrogen and oxygen atoms in total. The van der Waals surface area contributed by atoms with Crippen LogP contribution in [0.15, 0.2) is 51.9 Å². The van der Waals surface area contributed by atoms with Crippen molar-refractivity contribution in [1.82, 2.24) is 4.90 Å². The highest BCUT2D eigenvalue weighted by Gasteiger charge is 2.16. The number of amides is 1. The van der Waals surface area contributed by atoms with Crippen molar-refractivity contribution in [2.24, 2.45) is 4.99 Å². The second kappa shape index (κ2) is 8.96. The van der Waals surface area contributed by atoms with E-state index in [1.807, 2.05) is 55.6 Å².